The molecule has 2 rings (SSSR count). The van der Waals surface area contributed by atoms with Crippen LogP contribution in [0.2, 0.25) is 0 Å². The van der Waals surface area contributed by atoms with Crippen molar-refractivity contribution in [3.8, 4) is 0 Å². The number of hydrogen-bond acceptors (Lipinski definition) is 4. The van der Waals surface area contributed by atoms with E-state index < -0.39 is 0 Å². The molecule has 0 unspecified atom stereocenters. The molecule has 1 aromatic heterocycles. The lowest BCUT2D eigenvalue weighted by atomic mass is 10.2. The van der Waals surface area contributed by atoms with Crippen molar-refractivity contribution < 1.29 is 4.79 Å². The minimum atomic E-state index is 0.152. The van der Waals surface area contributed by atoms with Crippen LogP contribution in [0.25, 0.3) is 0 Å². The number of amides is 1. The highest BCUT2D eigenvalue weighted by molar-refractivity contribution is 9.10. The summed E-state index contributed by atoms with van der Waals surface area (Å²) in [6.07, 6.45) is 1.41. The van der Waals surface area contributed by atoms with Gasteiger partial charge in [-0.15, -0.1) is 11.3 Å². The summed E-state index contributed by atoms with van der Waals surface area (Å²) in [5.41, 5.74) is 0. The third-order valence-electron chi connectivity index (χ3n) is 3.18. The van der Waals surface area contributed by atoms with Crippen LogP contribution < -0.4 is 10.6 Å². The minimum Gasteiger partial charge on any atom is -0.355 e. The van der Waals surface area contributed by atoms with E-state index >= 15 is 0 Å². The summed E-state index contributed by atoms with van der Waals surface area (Å²) in [5, 5.41) is 8.37. The van der Waals surface area contributed by atoms with Gasteiger partial charge < -0.3 is 10.6 Å². The third-order valence-corrected chi connectivity index (χ3v) is 4.94. The second-order valence-corrected chi connectivity index (χ2v) is 6.58. The van der Waals surface area contributed by atoms with Crippen molar-refractivity contribution >= 4 is 33.2 Å². The highest BCUT2D eigenvalue weighted by Crippen LogP contribution is 2.20. The zero-order valence-electron chi connectivity index (χ0n) is 11.0. The average Bonchev–Trinajstić information content (AvgIpc) is 2.83. The Hall–Kier alpha value is -0.430. The van der Waals surface area contributed by atoms with Crippen LogP contribution in [0, 0.1) is 0 Å². The fraction of sp³-hybridized carbons (Fsp3) is 0.615. The Balaban J connectivity index is 1.56. The number of nitrogens with zero attached hydrogens (tertiary/aromatic N) is 1. The normalized spacial score (nSPS) is 16.5. The van der Waals surface area contributed by atoms with E-state index in [1.54, 1.807) is 11.3 Å². The van der Waals surface area contributed by atoms with E-state index in [2.05, 4.69) is 42.9 Å². The van der Waals surface area contributed by atoms with Crippen molar-refractivity contribution in [2.24, 2.45) is 0 Å². The van der Waals surface area contributed by atoms with Gasteiger partial charge in [-0.25, -0.2) is 0 Å². The van der Waals surface area contributed by atoms with Crippen molar-refractivity contribution in [1.29, 1.82) is 0 Å². The number of piperazine rings is 1. The predicted octanol–water partition coefficient (Wildman–Crippen LogP) is 1.46. The molecule has 6 heteroatoms. The van der Waals surface area contributed by atoms with Crippen LogP contribution in [0.1, 0.15) is 11.3 Å². The molecule has 1 aliphatic rings. The Kier molecular flexibility index (Phi) is 6.30. The number of nitrogens with one attached hydrogen (secondary N) is 2. The average molecular weight is 346 g/mol. The molecule has 1 aromatic rings. The molecule has 0 spiro atoms. The molecule has 0 aliphatic carbocycles. The Bertz CT molecular complexity index is 404. The van der Waals surface area contributed by atoms with Crippen molar-refractivity contribution in [1.82, 2.24) is 15.5 Å². The summed E-state index contributed by atoms with van der Waals surface area (Å²) in [6, 6.07) is 2.08. The summed E-state index contributed by atoms with van der Waals surface area (Å²) < 4.78 is 1.10. The van der Waals surface area contributed by atoms with Crippen molar-refractivity contribution in [3.63, 3.8) is 0 Å². The maximum Gasteiger partial charge on any atom is 0.220 e. The second kappa shape index (κ2) is 7.99. The van der Waals surface area contributed by atoms with Gasteiger partial charge in [0, 0.05) is 60.4 Å². The monoisotopic (exact) mass is 345 g/mol. The molecule has 0 radical (unpaired) electrons. The number of rotatable bonds is 6. The largest absolute Gasteiger partial charge is 0.355 e. The van der Waals surface area contributed by atoms with E-state index in [-0.39, 0.29) is 5.91 Å². The van der Waals surface area contributed by atoms with Crippen LogP contribution in [0.4, 0.5) is 0 Å². The second-order valence-electron chi connectivity index (χ2n) is 4.67. The maximum absolute atomic E-state index is 11.7. The molecule has 1 saturated heterocycles. The fourth-order valence-corrected chi connectivity index (χ4v) is 3.55. The summed E-state index contributed by atoms with van der Waals surface area (Å²) in [7, 11) is 0. The Labute approximate surface area is 126 Å². The molecule has 19 heavy (non-hydrogen) atoms. The van der Waals surface area contributed by atoms with Crippen LogP contribution in [-0.2, 0) is 11.2 Å². The van der Waals surface area contributed by atoms with Crippen LogP contribution in [0.3, 0.4) is 0 Å². The fourth-order valence-electron chi connectivity index (χ4n) is 2.10. The quantitative estimate of drug-likeness (QED) is 0.820. The Morgan fingerprint density at radius 1 is 1.47 bits per heavy atom. The molecule has 1 aliphatic heterocycles. The molecular formula is C13H20BrN3OS. The molecule has 4 nitrogen and oxygen atoms in total. The first-order valence-electron chi connectivity index (χ1n) is 6.67. The van der Waals surface area contributed by atoms with Gasteiger partial charge >= 0.3 is 0 Å². The number of carbonyl (C=O) groups is 1. The highest BCUT2D eigenvalue weighted by atomic mass is 79.9. The zero-order valence-corrected chi connectivity index (χ0v) is 13.4. The first kappa shape index (κ1) is 15.0. The van der Waals surface area contributed by atoms with Crippen molar-refractivity contribution in [2.75, 3.05) is 39.3 Å². The van der Waals surface area contributed by atoms with Crippen molar-refractivity contribution in [2.45, 2.75) is 12.8 Å². The highest BCUT2D eigenvalue weighted by Gasteiger charge is 2.09. The van der Waals surface area contributed by atoms with E-state index in [0.29, 0.717) is 6.42 Å². The van der Waals surface area contributed by atoms with Crippen LogP contribution in [0.15, 0.2) is 15.9 Å². The lowest BCUT2D eigenvalue weighted by Crippen LogP contribution is -2.46. The Morgan fingerprint density at radius 3 is 2.95 bits per heavy atom. The van der Waals surface area contributed by atoms with Gasteiger partial charge in [0.2, 0.25) is 5.91 Å². The van der Waals surface area contributed by atoms with Gasteiger partial charge in [0.15, 0.2) is 0 Å². The number of hydrogen-bond donors (Lipinski definition) is 2. The molecule has 2 heterocycles. The SMILES string of the molecule is O=C(CCc1cc(Br)cs1)NCCN1CCNCC1. The molecule has 1 amide bonds. The summed E-state index contributed by atoms with van der Waals surface area (Å²) in [4.78, 5) is 15.4. The number of carbonyl (C=O) groups excluding carboxylic acids is 1. The van der Waals surface area contributed by atoms with Gasteiger partial charge in [-0.1, -0.05) is 0 Å². The number of halogens is 1. The first-order valence-corrected chi connectivity index (χ1v) is 8.34. The summed E-state index contributed by atoms with van der Waals surface area (Å²) in [5.74, 6) is 0.152. The number of aryl methyl sites for hydroxylation is 1. The lowest BCUT2D eigenvalue weighted by molar-refractivity contribution is -0.121. The van der Waals surface area contributed by atoms with Gasteiger partial charge in [0.25, 0.3) is 0 Å². The van der Waals surface area contributed by atoms with Crippen LogP contribution in [-0.4, -0.2) is 50.1 Å². The summed E-state index contributed by atoms with van der Waals surface area (Å²) >= 11 is 5.12. The van der Waals surface area contributed by atoms with Gasteiger partial charge in [-0.3, -0.25) is 9.69 Å². The minimum absolute atomic E-state index is 0.152. The van der Waals surface area contributed by atoms with Crippen LogP contribution >= 0.6 is 27.3 Å². The van der Waals surface area contributed by atoms with E-state index in [0.717, 1.165) is 50.2 Å². The van der Waals surface area contributed by atoms with Gasteiger partial charge in [-0.05, 0) is 28.4 Å². The standard InChI is InChI=1S/C13H20BrN3OS/c14-11-9-12(19-10-11)1-2-13(18)16-5-8-17-6-3-15-4-7-17/h9-10,15H,1-8H2,(H,16,18). The van der Waals surface area contributed by atoms with E-state index in [1.807, 2.05) is 0 Å². The molecule has 0 bridgehead atoms. The van der Waals surface area contributed by atoms with Gasteiger partial charge in [-0.2, -0.15) is 0 Å². The molecule has 1 fully saturated rings. The molecule has 106 valence electrons. The van der Waals surface area contributed by atoms with Crippen LogP contribution in [0.5, 0.6) is 0 Å². The van der Waals surface area contributed by atoms with Crippen molar-refractivity contribution in [3.05, 3.63) is 20.8 Å². The van der Waals surface area contributed by atoms with Gasteiger partial charge in [0.1, 0.15) is 0 Å². The molecule has 0 saturated carbocycles. The van der Waals surface area contributed by atoms with E-state index in [9.17, 15) is 4.79 Å². The Morgan fingerprint density at radius 2 is 2.26 bits per heavy atom. The summed E-state index contributed by atoms with van der Waals surface area (Å²) in [6.45, 7) is 5.99. The zero-order chi connectivity index (χ0) is 13.5. The first-order chi connectivity index (χ1) is 9.24. The molecule has 2 N–H and O–H groups in total. The topological polar surface area (TPSA) is 44.4 Å². The molecular weight excluding hydrogens is 326 g/mol. The predicted molar refractivity (Wildman–Crippen MR) is 82.7 cm³/mol. The third kappa shape index (κ3) is 5.60. The van der Waals surface area contributed by atoms with Gasteiger partial charge in [0.05, 0.1) is 0 Å². The lowest BCUT2D eigenvalue weighted by Gasteiger charge is -2.27. The number of thiophene rings is 1. The smallest absolute Gasteiger partial charge is 0.220 e. The molecule has 0 atom stereocenters. The van der Waals surface area contributed by atoms with E-state index in [1.165, 1.54) is 4.88 Å². The maximum atomic E-state index is 11.7. The van der Waals surface area contributed by atoms with E-state index in [4.69, 9.17) is 0 Å². The molecule has 0 aromatic carbocycles.